The van der Waals surface area contributed by atoms with Crippen LogP contribution in [0, 0.1) is 11.8 Å². The number of aryl methyl sites for hydroxylation is 1. The Bertz CT molecular complexity index is 1380. The molecule has 2 aliphatic heterocycles. The SMILES string of the molecule is C[C@H]1[C@@H](O)C/C=C/[C@H](O)[C@@H]2CC[C@H]2CN2CCCCc3cc(Cl)ccc3COc3ccc(cc32)C(=O)NS1(=O)=O. The van der Waals surface area contributed by atoms with Gasteiger partial charge in [-0.25, -0.2) is 13.1 Å². The van der Waals surface area contributed by atoms with Crippen LogP contribution >= 0.6 is 11.6 Å². The van der Waals surface area contributed by atoms with Crippen molar-refractivity contribution in [3.05, 3.63) is 70.3 Å². The first-order valence-electron chi connectivity index (χ1n) is 14.0. The Morgan fingerprint density at radius 3 is 2.67 bits per heavy atom. The van der Waals surface area contributed by atoms with Gasteiger partial charge in [0.25, 0.3) is 5.91 Å². The van der Waals surface area contributed by atoms with Crippen LogP contribution in [0.15, 0.2) is 48.6 Å². The molecule has 1 amide bonds. The lowest BCUT2D eigenvalue weighted by atomic mass is 9.70. The van der Waals surface area contributed by atoms with Gasteiger partial charge in [0.2, 0.25) is 10.0 Å². The van der Waals surface area contributed by atoms with E-state index < -0.39 is 33.4 Å². The molecule has 10 heteroatoms. The first-order valence-corrected chi connectivity index (χ1v) is 15.9. The van der Waals surface area contributed by atoms with E-state index in [1.807, 2.05) is 18.2 Å². The number of ether oxygens (including phenoxy) is 1. The number of sulfonamides is 1. The Hall–Kier alpha value is -2.59. The summed E-state index contributed by atoms with van der Waals surface area (Å²) in [6.45, 7) is 3.09. The number of aliphatic hydroxyl groups excluding tert-OH is 2. The molecule has 1 saturated carbocycles. The number of rotatable bonds is 0. The van der Waals surface area contributed by atoms with Crippen molar-refractivity contribution in [1.82, 2.24) is 4.72 Å². The van der Waals surface area contributed by atoms with Crippen LogP contribution in [0.1, 0.15) is 60.5 Å². The normalized spacial score (nSPS) is 29.9. The summed E-state index contributed by atoms with van der Waals surface area (Å²) in [6, 6.07) is 10.8. The number of fused-ring (bicyclic) bond motifs is 3. The van der Waals surface area contributed by atoms with E-state index in [1.165, 1.54) is 6.92 Å². The monoisotopic (exact) mass is 588 g/mol. The molecule has 0 radical (unpaired) electrons. The zero-order chi connectivity index (χ0) is 28.4. The maximum atomic E-state index is 13.2. The quantitative estimate of drug-likeness (QED) is 0.395. The van der Waals surface area contributed by atoms with E-state index in [0.29, 0.717) is 30.5 Å². The lowest BCUT2D eigenvalue weighted by Gasteiger charge is -2.42. The molecule has 1 fully saturated rings. The molecule has 40 heavy (non-hydrogen) atoms. The maximum absolute atomic E-state index is 13.2. The Labute approximate surface area is 241 Å². The second-order valence-corrected chi connectivity index (χ2v) is 13.7. The molecule has 2 aromatic carbocycles. The Morgan fingerprint density at radius 1 is 1.07 bits per heavy atom. The second kappa shape index (κ2) is 12.1. The second-order valence-electron chi connectivity index (χ2n) is 11.2. The molecule has 2 aromatic rings. The molecule has 0 saturated heterocycles. The van der Waals surface area contributed by atoms with Crippen LogP contribution in [0.5, 0.6) is 5.75 Å². The highest BCUT2D eigenvalue weighted by atomic mass is 35.5. The predicted molar refractivity (Wildman–Crippen MR) is 155 cm³/mol. The van der Waals surface area contributed by atoms with Gasteiger partial charge in [-0.2, -0.15) is 0 Å². The van der Waals surface area contributed by atoms with Crippen LogP contribution in [0.25, 0.3) is 0 Å². The summed E-state index contributed by atoms with van der Waals surface area (Å²) >= 11 is 6.28. The average molecular weight is 589 g/mol. The van der Waals surface area contributed by atoms with Gasteiger partial charge in [0.15, 0.2) is 0 Å². The van der Waals surface area contributed by atoms with E-state index in [1.54, 1.807) is 30.4 Å². The third-order valence-electron chi connectivity index (χ3n) is 8.58. The Balaban J connectivity index is 1.54. The number of hydrogen-bond acceptors (Lipinski definition) is 7. The van der Waals surface area contributed by atoms with Crippen LogP contribution < -0.4 is 14.4 Å². The molecule has 3 aliphatic rings. The number of aliphatic hydroxyl groups is 2. The highest BCUT2D eigenvalue weighted by Gasteiger charge is 2.37. The molecule has 5 atom stereocenters. The minimum atomic E-state index is -4.16. The summed E-state index contributed by atoms with van der Waals surface area (Å²) in [5.41, 5.74) is 3.11. The lowest BCUT2D eigenvalue weighted by molar-refractivity contribution is 0.0459. The fraction of sp³-hybridized carbons (Fsp3) is 0.500. The van der Waals surface area contributed by atoms with Gasteiger partial charge in [0.1, 0.15) is 17.6 Å². The van der Waals surface area contributed by atoms with Gasteiger partial charge >= 0.3 is 0 Å². The fourth-order valence-corrected chi connectivity index (χ4v) is 7.09. The summed E-state index contributed by atoms with van der Waals surface area (Å²) in [6.07, 6.45) is 6.01. The van der Waals surface area contributed by atoms with Crippen LogP contribution in [0.4, 0.5) is 5.69 Å². The van der Waals surface area contributed by atoms with E-state index in [0.717, 1.165) is 48.9 Å². The molecule has 0 aromatic heterocycles. The largest absolute Gasteiger partial charge is 0.487 e. The summed E-state index contributed by atoms with van der Waals surface area (Å²) < 4.78 is 34.3. The summed E-state index contributed by atoms with van der Waals surface area (Å²) in [4.78, 5) is 15.4. The van der Waals surface area contributed by atoms with E-state index >= 15 is 0 Å². The van der Waals surface area contributed by atoms with Crippen molar-refractivity contribution in [3.8, 4) is 5.75 Å². The minimum Gasteiger partial charge on any atom is -0.487 e. The van der Waals surface area contributed by atoms with Gasteiger partial charge in [0, 0.05) is 23.7 Å². The molecule has 216 valence electrons. The standard InChI is InChI=1S/C30H37ClN2O6S/c1-19-27(34)6-4-7-28(35)25-12-9-22(25)17-33-14-3-2-5-20-15-24(31)11-8-23(20)18-39-29-13-10-21(16-26(29)33)30(36)32-40(19,37)38/h4,7-8,10-11,13,15-16,19,22,25,27-28,34-35H,2-3,5-6,9,12,14,17-18H2,1H3,(H,32,36)/b7-4+/t19-,22-,25+,27-,28-/m0/s1. The number of hydrogen-bond donors (Lipinski definition) is 3. The van der Waals surface area contributed by atoms with Gasteiger partial charge in [0.05, 0.1) is 17.9 Å². The van der Waals surface area contributed by atoms with Crippen LogP contribution in [-0.4, -0.2) is 55.1 Å². The fourth-order valence-electron chi connectivity index (χ4n) is 5.81. The van der Waals surface area contributed by atoms with Gasteiger partial charge < -0.3 is 19.8 Å². The van der Waals surface area contributed by atoms with Gasteiger partial charge in [-0.05, 0) is 98.7 Å². The molecule has 2 bridgehead atoms. The topological polar surface area (TPSA) is 116 Å². The highest BCUT2D eigenvalue weighted by Crippen LogP contribution is 2.41. The molecule has 2 heterocycles. The maximum Gasteiger partial charge on any atom is 0.264 e. The zero-order valence-electron chi connectivity index (χ0n) is 22.6. The molecule has 0 unspecified atom stereocenters. The number of benzene rings is 2. The average Bonchev–Trinajstić information content (AvgIpc) is 2.92. The molecule has 3 N–H and O–H groups in total. The Morgan fingerprint density at radius 2 is 1.90 bits per heavy atom. The van der Waals surface area contributed by atoms with Crippen LogP contribution in [0.2, 0.25) is 5.02 Å². The van der Waals surface area contributed by atoms with Crippen LogP contribution in [0.3, 0.4) is 0 Å². The summed E-state index contributed by atoms with van der Waals surface area (Å²) in [5.74, 6) is 0.144. The third kappa shape index (κ3) is 6.33. The van der Waals surface area contributed by atoms with Crippen molar-refractivity contribution < 1.29 is 28.2 Å². The van der Waals surface area contributed by atoms with E-state index in [2.05, 4.69) is 9.62 Å². The highest BCUT2D eigenvalue weighted by molar-refractivity contribution is 7.90. The van der Waals surface area contributed by atoms with Crippen molar-refractivity contribution in [1.29, 1.82) is 0 Å². The molecule has 1 aliphatic carbocycles. The summed E-state index contributed by atoms with van der Waals surface area (Å²) in [5, 5.41) is 20.9. The van der Waals surface area contributed by atoms with Crippen molar-refractivity contribution in [2.45, 2.75) is 69.5 Å². The number of halogens is 1. The number of carbonyl (C=O) groups excluding carboxylic acids is 1. The number of nitrogens with zero attached hydrogens (tertiary/aromatic N) is 1. The molecule has 8 nitrogen and oxygen atoms in total. The molecule has 0 spiro atoms. The van der Waals surface area contributed by atoms with Gasteiger partial charge in [-0.1, -0.05) is 29.8 Å². The number of carbonyl (C=O) groups is 1. The first kappa shape index (κ1) is 28.9. The van der Waals surface area contributed by atoms with E-state index in [-0.39, 0.29) is 23.8 Å². The first-order chi connectivity index (χ1) is 19.1. The predicted octanol–water partition coefficient (Wildman–Crippen LogP) is 4.22. The lowest BCUT2D eigenvalue weighted by Crippen LogP contribution is -2.44. The number of anilines is 1. The van der Waals surface area contributed by atoms with E-state index in [9.17, 15) is 23.4 Å². The Kier molecular flexibility index (Phi) is 8.75. The van der Waals surface area contributed by atoms with Crippen molar-refractivity contribution in [2.75, 3.05) is 18.0 Å². The number of amides is 1. The van der Waals surface area contributed by atoms with Gasteiger partial charge in [-0.15, -0.1) is 0 Å². The molecule has 5 rings (SSSR count). The molecular formula is C30H37ClN2O6S. The van der Waals surface area contributed by atoms with E-state index in [4.69, 9.17) is 16.3 Å². The van der Waals surface area contributed by atoms with Crippen LogP contribution in [-0.2, 0) is 23.1 Å². The molecular weight excluding hydrogens is 552 g/mol. The number of nitrogens with one attached hydrogen (secondary N) is 1. The van der Waals surface area contributed by atoms with Crippen molar-refractivity contribution >= 4 is 33.2 Å². The third-order valence-corrected chi connectivity index (χ3v) is 10.6. The minimum absolute atomic E-state index is 0.0562. The van der Waals surface area contributed by atoms with Crippen molar-refractivity contribution in [2.24, 2.45) is 11.8 Å². The van der Waals surface area contributed by atoms with Crippen molar-refractivity contribution in [3.63, 3.8) is 0 Å². The summed E-state index contributed by atoms with van der Waals surface area (Å²) in [7, 11) is -4.16. The zero-order valence-corrected chi connectivity index (χ0v) is 24.2. The van der Waals surface area contributed by atoms with Gasteiger partial charge in [-0.3, -0.25) is 4.79 Å². The smallest absolute Gasteiger partial charge is 0.264 e.